The normalized spacial score (nSPS) is 13.6. The first-order valence-electron chi connectivity index (χ1n) is 6.00. The summed E-state index contributed by atoms with van der Waals surface area (Å²) in [7, 11) is 0. The van der Waals surface area contributed by atoms with Crippen LogP contribution in [0.2, 0.25) is 0 Å². The lowest BCUT2D eigenvalue weighted by molar-refractivity contribution is -0.0485. The van der Waals surface area contributed by atoms with E-state index >= 15 is 0 Å². The number of hydrogen-bond acceptors (Lipinski definition) is 2. The number of alkyl halides is 1. The first-order chi connectivity index (χ1) is 8.44. The molecule has 0 heterocycles. The first kappa shape index (κ1) is 15.6. The second-order valence-electron chi connectivity index (χ2n) is 5.00. The van der Waals surface area contributed by atoms with Crippen LogP contribution in [0.4, 0.5) is 4.39 Å². The molecule has 1 aromatic rings. The van der Waals surface area contributed by atoms with Crippen LogP contribution in [0.25, 0.3) is 0 Å². The quantitative estimate of drug-likeness (QED) is 0.581. The van der Waals surface area contributed by atoms with Crippen LogP contribution < -0.4 is 0 Å². The number of hydrogen-bond donors (Lipinski definition) is 0. The van der Waals surface area contributed by atoms with Gasteiger partial charge in [0.15, 0.2) is 0 Å². The molecule has 102 valence electrons. The van der Waals surface area contributed by atoms with Gasteiger partial charge in [0.05, 0.1) is 24.9 Å². The summed E-state index contributed by atoms with van der Waals surface area (Å²) in [6.45, 7) is 6.92. The lowest BCUT2D eigenvalue weighted by Crippen LogP contribution is -2.22. The zero-order valence-corrected chi connectivity index (χ0v) is 12.7. The molecule has 0 aliphatic carbocycles. The highest BCUT2D eigenvalue weighted by molar-refractivity contribution is 9.09. The van der Waals surface area contributed by atoms with Crippen molar-refractivity contribution in [1.82, 2.24) is 0 Å². The molecule has 0 aliphatic heterocycles. The van der Waals surface area contributed by atoms with E-state index in [2.05, 4.69) is 15.9 Å². The van der Waals surface area contributed by atoms with Gasteiger partial charge in [-0.2, -0.15) is 0 Å². The molecule has 1 rings (SSSR count). The summed E-state index contributed by atoms with van der Waals surface area (Å²) < 4.78 is 24.8. The second kappa shape index (κ2) is 7.22. The van der Waals surface area contributed by atoms with Gasteiger partial charge in [0.1, 0.15) is 5.82 Å². The maximum atomic E-state index is 13.6. The zero-order chi connectivity index (χ0) is 13.6. The van der Waals surface area contributed by atoms with E-state index in [1.807, 2.05) is 26.8 Å². The molecule has 0 aromatic heterocycles. The minimum Gasteiger partial charge on any atom is -0.373 e. The Morgan fingerprint density at radius 2 is 1.89 bits per heavy atom. The van der Waals surface area contributed by atoms with Crippen molar-refractivity contribution in [2.45, 2.75) is 32.5 Å². The number of benzene rings is 1. The highest BCUT2D eigenvalue weighted by Gasteiger charge is 2.15. The van der Waals surface area contributed by atoms with Crippen LogP contribution in [0.15, 0.2) is 24.3 Å². The molecule has 2 nitrogen and oxygen atoms in total. The van der Waals surface area contributed by atoms with Crippen LogP contribution in [-0.4, -0.2) is 24.1 Å². The Bertz CT molecular complexity index is 363. The summed E-state index contributed by atoms with van der Waals surface area (Å²) in [6.07, 6.45) is -0.283. The van der Waals surface area contributed by atoms with Gasteiger partial charge in [-0.15, -0.1) is 0 Å². The minimum absolute atomic E-state index is 0.175. The predicted molar refractivity (Wildman–Crippen MR) is 74.6 cm³/mol. The standard InChI is InChI=1S/C14H20BrFO2/c1-14(2,3)18-9-8-17-13(10-15)11-6-4-5-7-12(11)16/h4-7,13H,8-10H2,1-3H3. The molecule has 0 bridgehead atoms. The Morgan fingerprint density at radius 3 is 2.44 bits per heavy atom. The Labute approximate surface area is 117 Å². The smallest absolute Gasteiger partial charge is 0.129 e. The molecule has 0 amide bonds. The Morgan fingerprint density at radius 1 is 1.22 bits per heavy atom. The van der Waals surface area contributed by atoms with E-state index in [9.17, 15) is 4.39 Å². The highest BCUT2D eigenvalue weighted by Crippen LogP contribution is 2.22. The van der Waals surface area contributed by atoms with Crippen molar-refractivity contribution in [2.75, 3.05) is 18.5 Å². The SMILES string of the molecule is CC(C)(C)OCCOC(CBr)c1ccccc1F. The van der Waals surface area contributed by atoms with Crippen molar-refractivity contribution >= 4 is 15.9 Å². The third-order valence-electron chi connectivity index (χ3n) is 2.33. The molecule has 18 heavy (non-hydrogen) atoms. The van der Waals surface area contributed by atoms with Gasteiger partial charge in [-0.05, 0) is 26.8 Å². The van der Waals surface area contributed by atoms with E-state index in [0.717, 1.165) is 0 Å². The van der Waals surface area contributed by atoms with Gasteiger partial charge in [-0.25, -0.2) is 4.39 Å². The van der Waals surface area contributed by atoms with Gasteiger partial charge < -0.3 is 9.47 Å². The molecule has 0 saturated heterocycles. The molecule has 0 spiro atoms. The molecule has 0 fully saturated rings. The average molecular weight is 319 g/mol. The van der Waals surface area contributed by atoms with E-state index in [1.165, 1.54) is 6.07 Å². The molecular weight excluding hydrogens is 299 g/mol. The van der Waals surface area contributed by atoms with Crippen molar-refractivity contribution in [3.8, 4) is 0 Å². The maximum absolute atomic E-state index is 13.6. The van der Waals surface area contributed by atoms with Crippen molar-refractivity contribution < 1.29 is 13.9 Å². The van der Waals surface area contributed by atoms with Gasteiger partial charge in [-0.3, -0.25) is 0 Å². The third-order valence-corrected chi connectivity index (χ3v) is 2.92. The third kappa shape index (κ3) is 5.46. The fraction of sp³-hybridized carbons (Fsp3) is 0.571. The fourth-order valence-electron chi connectivity index (χ4n) is 1.49. The van der Waals surface area contributed by atoms with E-state index in [4.69, 9.17) is 9.47 Å². The van der Waals surface area contributed by atoms with Crippen LogP contribution >= 0.6 is 15.9 Å². The van der Waals surface area contributed by atoms with Crippen LogP contribution in [0.1, 0.15) is 32.4 Å². The molecule has 1 unspecified atom stereocenters. The van der Waals surface area contributed by atoms with Gasteiger partial charge in [0, 0.05) is 10.9 Å². The van der Waals surface area contributed by atoms with Crippen molar-refractivity contribution in [3.63, 3.8) is 0 Å². The van der Waals surface area contributed by atoms with Crippen molar-refractivity contribution in [1.29, 1.82) is 0 Å². The maximum Gasteiger partial charge on any atom is 0.129 e. The molecule has 1 aromatic carbocycles. The monoisotopic (exact) mass is 318 g/mol. The van der Waals surface area contributed by atoms with Gasteiger partial charge >= 0.3 is 0 Å². The van der Waals surface area contributed by atoms with Crippen LogP contribution in [0.3, 0.4) is 0 Å². The van der Waals surface area contributed by atoms with Gasteiger partial charge in [-0.1, -0.05) is 34.1 Å². The van der Waals surface area contributed by atoms with E-state index in [1.54, 1.807) is 12.1 Å². The number of halogens is 2. The van der Waals surface area contributed by atoms with Crippen molar-refractivity contribution in [2.24, 2.45) is 0 Å². The second-order valence-corrected chi connectivity index (χ2v) is 5.64. The Hall–Kier alpha value is -0.450. The Balaban J connectivity index is 2.46. The van der Waals surface area contributed by atoms with Crippen LogP contribution in [0.5, 0.6) is 0 Å². The Kier molecular flexibility index (Phi) is 6.26. The van der Waals surface area contributed by atoms with Crippen LogP contribution in [0, 0.1) is 5.82 Å². The number of ether oxygens (including phenoxy) is 2. The summed E-state index contributed by atoms with van der Waals surface area (Å²) in [5, 5.41) is 0.559. The van der Waals surface area contributed by atoms with Crippen molar-refractivity contribution in [3.05, 3.63) is 35.6 Å². The molecule has 1 atom stereocenters. The van der Waals surface area contributed by atoms with E-state index < -0.39 is 0 Å². The van der Waals surface area contributed by atoms with Gasteiger partial charge in [0.2, 0.25) is 0 Å². The molecule has 4 heteroatoms. The molecule has 0 saturated carbocycles. The average Bonchev–Trinajstić information content (AvgIpc) is 2.29. The molecule has 0 N–H and O–H groups in total. The highest BCUT2D eigenvalue weighted by atomic mass is 79.9. The van der Waals surface area contributed by atoms with E-state index in [0.29, 0.717) is 24.1 Å². The number of rotatable bonds is 6. The van der Waals surface area contributed by atoms with Gasteiger partial charge in [0.25, 0.3) is 0 Å². The summed E-state index contributed by atoms with van der Waals surface area (Å²) in [5.41, 5.74) is 0.399. The topological polar surface area (TPSA) is 18.5 Å². The first-order valence-corrected chi connectivity index (χ1v) is 7.12. The summed E-state index contributed by atoms with van der Waals surface area (Å²) >= 11 is 3.35. The van der Waals surface area contributed by atoms with E-state index in [-0.39, 0.29) is 17.5 Å². The largest absolute Gasteiger partial charge is 0.373 e. The molecule has 0 radical (unpaired) electrons. The predicted octanol–water partition coefficient (Wildman–Crippen LogP) is 4.09. The zero-order valence-electron chi connectivity index (χ0n) is 11.1. The molecular formula is C14H20BrFO2. The minimum atomic E-state index is -0.283. The molecule has 0 aliphatic rings. The summed E-state index contributed by atoms with van der Waals surface area (Å²) in [6, 6.07) is 6.67. The lowest BCUT2D eigenvalue weighted by Gasteiger charge is -2.21. The van der Waals surface area contributed by atoms with Crippen LogP contribution in [-0.2, 0) is 9.47 Å². The summed E-state index contributed by atoms with van der Waals surface area (Å²) in [5.74, 6) is -0.237. The summed E-state index contributed by atoms with van der Waals surface area (Å²) in [4.78, 5) is 0. The lowest BCUT2D eigenvalue weighted by atomic mass is 10.1. The fourth-order valence-corrected chi connectivity index (χ4v) is 2.03.